The number of hydrogen-bond donors (Lipinski definition) is 4. The third kappa shape index (κ3) is 19.0. The summed E-state index contributed by atoms with van der Waals surface area (Å²) in [4.78, 5) is 106. The zero-order valence-corrected chi connectivity index (χ0v) is 63.4. The highest BCUT2D eigenvalue weighted by Gasteiger charge is 2.30. The molecule has 2 aliphatic rings. The first kappa shape index (κ1) is 81.4. The highest BCUT2D eigenvalue weighted by Crippen LogP contribution is 2.35. The van der Waals surface area contributed by atoms with Gasteiger partial charge < -0.3 is 54.9 Å². The van der Waals surface area contributed by atoms with Gasteiger partial charge in [-0.1, -0.05) is 19.7 Å². The summed E-state index contributed by atoms with van der Waals surface area (Å²) in [5.41, 5.74) is 2.22. The molecule has 0 bridgehead atoms. The first-order valence-corrected chi connectivity index (χ1v) is 35.8. The average molecular weight is 1600 g/mol. The Morgan fingerprint density at radius 1 is 0.534 bits per heavy atom. The zero-order valence-electron chi connectivity index (χ0n) is 63.4. The summed E-state index contributed by atoms with van der Waals surface area (Å²) in [6.07, 6.45) is 14.5. The van der Waals surface area contributed by atoms with Gasteiger partial charge in [0, 0.05) is 131 Å². The van der Waals surface area contributed by atoms with Crippen LogP contribution in [0.1, 0.15) is 30.7 Å². The smallest absolute Gasteiger partial charge is 0.294 e. The molecular formula is C79H75F7N20O10. The van der Waals surface area contributed by atoms with E-state index < -0.39 is 63.3 Å². The molecule has 600 valence electrons. The Hall–Kier alpha value is -14.1. The van der Waals surface area contributed by atoms with Crippen LogP contribution in [0.3, 0.4) is 0 Å². The molecule has 8 aromatic heterocycles. The van der Waals surface area contributed by atoms with Crippen molar-refractivity contribution in [3.63, 3.8) is 0 Å². The molecule has 37 heteroatoms. The van der Waals surface area contributed by atoms with Crippen molar-refractivity contribution in [1.82, 2.24) is 77.9 Å². The van der Waals surface area contributed by atoms with Gasteiger partial charge in [-0.15, -0.1) is 0 Å². The van der Waals surface area contributed by atoms with E-state index in [9.17, 15) is 55.1 Å². The van der Waals surface area contributed by atoms with Gasteiger partial charge in [-0.3, -0.25) is 51.8 Å². The van der Waals surface area contributed by atoms with Crippen LogP contribution < -0.4 is 56.9 Å². The van der Waals surface area contributed by atoms with Crippen molar-refractivity contribution >= 4 is 91.4 Å². The number of aromatic nitrogens is 13. The van der Waals surface area contributed by atoms with E-state index in [1.54, 1.807) is 9.58 Å². The number of rotatable bonds is 24. The van der Waals surface area contributed by atoms with Gasteiger partial charge >= 0.3 is 0 Å². The number of nitrogens with one attached hydrogen (secondary N) is 4. The van der Waals surface area contributed by atoms with E-state index in [4.69, 9.17) is 18.9 Å². The Balaban J connectivity index is 0.000000160. The molecule has 2 atom stereocenters. The van der Waals surface area contributed by atoms with E-state index >= 15 is 4.39 Å². The van der Waals surface area contributed by atoms with E-state index in [1.807, 2.05) is 54.8 Å². The minimum absolute atomic E-state index is 0.0161. The number of fused-ring (bicyclic) bond motifs is 3. The highest BCUT2D eigenvalue weighted by molar-refractivity contribution is 6.00. The number of amides is 3. The van der Waals surface area contributed by atoms with Crippen LogP contribution in [0.5, 0.6) is 40.2 Å². The number of halogens is 7. The Morgan fingerprint density at radius 2 is 0.983 bits per heavy atom. The van der Waals surface area contributed by atoms with E-state index in [1.165, 1.54) is 85.3 Å². The number of pyridine rings is 3. The Morgan fingerprint density at radius 3 is 1.41 bits per heavy atom. The molecule has 3 amide bonds. The lowest BCUT2D eigenvalue weighted by molar-refractivity contribution is -0.127. The van der Waals surface area contributed by atoms with Crippen molar-refractivity contribution in [2.24, 2.45) is 27.1 Å². The first-order valence-electron chi connectivity index (χ1n) is 35.8. The van der Waals surface area contributed by atoms with Crippen LogP contribution in [0.2, 0.25) is 0 Å². The summed E-state index contributed by atoms with van der Waals surface area (Å²) in [6.45, 7) is 18.2. The van der Waals surface area contributed by atoms with Gasteiger partial charge in [-0.05, 0) is 132 Å². The molecule has 0 spiro atoms. The molecule has 2 saturated heterocycles. The number of hydrogen-bond acceptors (Lipinski definition) is 22. The molecule has 0 radical (unpaired) electrons. The van der Waals surface area contributed by atoms with Crippen LogP contribution in [-0.4, -0.2) is 149 Å². The predicted molar refractivity (Wildman–Crippen MR) is 417 cm³/mol. The molecule has 4 N–H and O–H groups in total. The molecule has 4 aromatic carbocycles. The fourth-order valence-corrected chi connectivity index (χ4v) is 12.6. The number of anilines is 7. The number of likely N-dealkylation sites (tertiary alicyclic amines) is 2. The normalized spacial score (nSPS) is 13.7. The molecule has 12 aromatic rings. The minimum Gasteiger partial charge on any atom is -0.487 e. The summed E-state index contributed by atoms with van der Waals surface area (Å²) in [5.74, 6) is -7.27. The standard InChI is InChI=1S/C27H25F3N6O4.2C26H25F2N7O3/c1-5-23(37)33-20-13-17(12-19(30)24(20)39-9-8-35(2)3)32-27-31-14-15-10-22(26(38)36(4)25(15)34-27)40-21-7-6-16(28)11-18(21)29;1-4-23(36)34-8-7-16(12-34)13-35-14-20(15(2)32-35)30-26-29-11-17-9-22(25(37)33(3)24(17)31-26)38-21-6-5-18(27)10-19(21)28;1-4-23(36)35-9-5-6-18(35)13-34-14-20(15(2)32-34)30-26-29-12-16-10-22(25(37)33(3)24(16)31-26)38-21-8-7-17(27)11-19(21)28/h5-7,10-14H,1,8-9H2,2-4H3,(H,33,37)(H,31,32,34);4-6,9-11,14,16H,1,7-8,12-13H2,2-3H3,(H,29,30,31);4,7-8,10-12,14,18H,1,5-6,9,13H2,2-3H3,(H,29,30,31). The second-order valence-electron chi connectivity index (χ2n) is 27.0. The van der Waals surface area contributed by atoms with Crippen LogP contribution in [0.15, 0.2) is 168 Å². The number of benzene rings is 4. The predicted octanol–water partition coefficient (Wildman–Crippen LogP) is 11.9. The van der Waals surface area contributed by atoms with Crippen molar-refractivity contribution in [3.05, 3.63) is 237 Å². The summed E-state index contributed by atoms with van der Waals surface area (Å²) in [6, 6.07) is 15.2. The second-order valence-corrected chi connectivity index (χ2v) is 27.0. The molecule has 2 aliphatic heterocycles. The maximum atomic E-state index is 15.0. The van der Waals surface area contributed by atoms with Gasteiger partial charge in [0.25, 0.3) is 16.7 Å². The van der Waals surface area contributed by atoms with Gasteiger partial charge in [0.15, 0.2) is 63.5 Å². The number of ether oxygens (including phenoxy) is 4. The van der Waals surface area contributed by atoms with Crippen LogP contribution in [0, 0.1) is 60.5 Å². The van der Waals surface area contributed by atoms with E-state index in [-0.39, 0.29) is 105 Å². The van der Waals surface area contributed by atoms with Crippen molar-refractivity contribution in [3.8, 4) is 40.2 Å². The molecular weight excluding hydrogens is 1520 g/mol. The van der Waals surface area contributed by atoms with Gasteiger partial charge in [0.1, 0.15) is 41.0 Å². The largest absolute Gasteiger partial charge is 0.487 e. The van der Waals surface area contributed by atoms with Gasteiger partial charge in [0.05, 0.1) is 41.0 Å². The van der Waals surface area contributed by atoms with Crippen molar-refractivity contribution in [1.29, 1.82) is 0 Å². The number of nitrogens with zero attached hydrogens (tertiary/aromatic N) is 16. The monoisotopic (exact) mass is 1600 g/mol. The Bertz CT molecular complexity index is 6030. The zero-order chi connectivity index (χ0) is 82.9. The average Bonchev–Trinajstić information content (AvgIpc) is 0.883. The number of carbonyl (C=O) groups is 3. The number of carbonyl (C=O) groups excluding carboxylic acids is 3. The maximum Gasteiger partial charge on any atom is 0.294 e. The van der Waals surface area contributed by atoms with Gasteiger partial charge in [-0.2, -0.15) is 25.1 Å². The molecule has 2 fully saturated rings. The molecule has 2 unspecified atom stereocenters. The molecule has 10 heterocycles. The topological polar surface area (TPSA) is 325 Å². The van der Waals surface area contributed by atoms with Crippen LogP contribution in [0.25, 0.3) is 33.1 Å². The van der Waals surface area contributed by atoms with Crippen molar-refractivity contribution in [2.75, 3.05) is 68.1 Å². The summed E-state index contributed by atoms with van der Waals surface area (Å²) >= 11 is 0. The second kappa shape index (κ2) is 35.3. The Labute approximate surface area is 655 Å². The highest BCUT2D eigenvalue weighted by atomic mass is 19.2. The fourth-order valence-electron chi connectivity index (χ4n) is 12.6. The van der Waals surface area contributed by atoms with Crippen LogP contribution >= 0.6 is 0 Å². The SMILES string of the molecule is C=CC(=O)N1CCC(Cn2cc(Nc3ncc4cc(Oc5ccc(F)cc5F)c(=O)n(C)c4n3)c(C)n2)C1.C=CC(=O)N1CCCC1Cn1cc(Nc2ncc3cc(Oc4ccc(F)cc4F)c(=O)n(C)c3n2)c(C)n1.C=CC(=O)Nc1cc(Nc2ncc3cc(Oc4ccc(F)cc4F)c(=O)n(C)c3n2)cc(F)c1OCCN(C)C. The fraction of sp³-hybridized carbons (Fsp3) is 0.241. The molecule has 0 saturated carbocycles. The molecule has 30 nitrogen and oxygen atoms in total. The summed E-state index contributed by atoms with van der Waals surface area (Å²) < 4.78 is 126. The third-order valence-electron chi connectivity index (χ3n) is 18.5. The van der Waals surface area contributed by atoms with Crippen molar-refractivity contribution < 1.29 is 64.1 Å². The van der Waals surface area contributed by atoms with Gasteiger partial charge in [0.2, 0.25) is 35.6 Å². The van der Waals surface area contributed by atoms with E-state index in [0.717, 1.165) is 78.1 Å². The molecule has 116 heavy (non-hydrogen) atoms. The lowest BCUT2D eigenvalue weighted by Crippen LogP contribution is -2.37. The first-order chi connectivity index (χ1) is 55.5. The van der Waals surface area contributed by atoms with Gasteiger partial charge in [-0.25, -0.2) is 45.7 Å². The molecule has 14 rings (SSSR count). The minimum atomic E-state index is -0.969. The maximum absolute atomic E-state index is 15.0. The number of likely N-dealkylation sites (N-methyl/N-ethyl adjacent to an activating group) is 1. The molecule has 0 aliphatic carbocycles. The van der Waals surface area contributed by atoms with Crippen molar-refractivity contribution in [2.45, 2.75) is 52.2 Å². The lowest BCUT2D eigenvalue weighted by Gasteiger charge is -2.23. The van der Waals surface area contributed by atoms with E-state index in [2.05, 4.69) is 81.1 Å². The third-order valence-corrected chi connectivity index (χ3v) is 18.5. The van der Waals surface area contributed by atoms with Crippen LogP contribution in [-0.2, 0) is 48.6 Å². The number of aryl methyl sites for hydroxylation is 5. The summed E-state index contributed by atoms with van der Waals surface area (Å²) in [5, 5.41) is 22.1. The van der Waals surface area contributed by atoms with Crippen LogP contribution in [0.4, 0.5) is 71.3 Å². The lowest BCUT2D eigenvalue weighted by atomic mass is 10.1. The summed E-state index contributed by atoms with van der Waals surface area (Å²) in [7, 11) is 8.13. The quantitative estimate of drug-likeness (QED) is 0.0322. The van der Waals surface area contributed by atoms with E-state index in [0.29, 0.717) is 102 Å². The Kier molecular flexibility index (Phi) is 24.7.